The molecule has 1 amide bonds. The van der Waals surface area contributed by atoms with Crippen molar-refractivity contribution < 1.29 is 14.7 Å². The fourth-order valence-electron chi connectivity index (χ4n) is 2.03. The van der Waals surface area contributed by atoms with E-state index in [9.17, 15) is 9.59 Å². The zero-order valence-corrected chi connectivity index (χ0v) is 12.0. The molecule has 2 N–H and O–H groups in total. The molecule has 0 fully saturated rings. The van der Waals surface area contributed by atoms with Crippen LogP contribution in [0.15, 0.2) is 30.3 Å². The number of aromatic nitrogens is 2. The molecule has 110 valence electrons. The summed E-state index contributed by atoms with van der Waals surface area (Å²) in [5.41, 5.74) is 3.32. The van der Waals surface area contributed by atoms with Gasteiger partial charge in [0.25, 0.3) is 5.91 Å². The van der Waals surface area contributed by atoms with Crippen LogP contribution < -0.4 is 5.32 Å². The number of carboxylic acids is 1. The van der Waals surface area contributed by atoms with Crippen molar-refractivity contribution in [2.75, 3.05) is 6.54 Å². The van der Waals surface area contributed by atoms with Gasteiger partial charge in [0.05, 0.1) is 17.8 Å². The Morgan fingerprint density at radius 1 is 1.24 bits per heavy atom. The number of amides is 1. The van der Waals surface area contributed by atoms with Gasteiger partial charge in [-0.3, -0.25) is 9.59 Å². The van der Waals surface area contributed by atoms with E-state index in [1.807, 2.05) is 32.0 Å². The average molecular weight is 287 g/mol. The number of hydrogen-bond donors (Lipinski definition) is 2. The van der Waals surface area contributed by atoms with Crippen molar-refractivity contribution in [2.45, 2.75) is 20.3 Å². The van der Waals surface area contributed by atoms with Crippen molar-refractivity contribution in [2.24, 2.45) is 0 Å². The Morgan fingerprint density at radius 3 is 2.43 bits per heavy atom. The van der Waals surface area contributed by atoms with Crippen molar-refractivity contribution in [3.05, 3.63) is 47.3 Å². The molecule has 21 heavy (non-hydrogen) atoms. The molecule has 0 aliphatic rings. The summed E-state index contributed by atoms with van der Waals surface area (Å²) < 4.78 is 1.81. The summed E-state index contributed by atoms with van der Waals surface area (Å²) in [5.74, 6) is -1.22. The van der Waals surface area contributed by atoms with Gasteiger partial charge in [-0.15, -0.1) is 0 Å². The van der Waals surface area contributed by atoms with Gasteiger partial charge in [0.2, 0.25) is 0 Å². The van der Waals surface area contributed by atoms with Gasteiger partial charge in [-0.1, -0.05) is 0 Å². The first-order chi connectivity index (χ1) is 9.97. The molecule has 1 aromatic carbocycles. The second-order valence-corrected chi connectivity index (χ2v) is 4.79. The molecular formula is C15H17N3O3. The summed E-state index contributed by atoms with van der Waals surface area (Å²) in [6.07, 6.45) is -0.0877. The maximum atomic E-state index is 11.8. The van der Waals surface area contributed by atoms with E-state index in [-0.39, 0.29) is 18.9 Å². The van der Waals surface area contributed by atoms with E-state index in [2.05, 4.69) is 10.4 Å². The van der Waals surface area contributed by atoms with Crippen molar-refractivity contribution in [1.82, 2.24) is 15.1 Å². The molecule has 1 aromatic heterocycles. The minimum Gasteiger partial charge on any atom is -0.481 e. The van der Waals surface area contributed by atoms with Gasteiger partial charge in [0.1, 0.15) is 0 Å². The Kier molecular flexibility index (Phi) is 4.37. The Balaban J connectivity index is 2.06. The van der Waals surface area contributed by atoms with Gasteiger partial charge in [0.15, 0.2) is 0 Å². The SMILES string of the molecule is Cc1cc(C)n(-c2ccc(C(=O)NCCC(=O)O)cc2)n1. The van der Waals surface area contributed by atoms with Crippen molar-refractivity contribution in [1.29, 1.82) is 0 Å². The monoisotopic (exact) mass is 287 g/mol. The van der Waals surface area contributed by atoms with Gasteiger partial charge in [-0.05, 0) is 44.2 Å². The van der Waals surface area contributed by atoms with Crippen LogP contribution in [0.4, 0.5) is 0 Å². The number of carbonyl (C=O) groups is 2. The lowest BCUT2D eigenvalue weighted by Crippen LogP contribution is -2.25. The third kappa shape index (κ3) is 3.68. The first-order valence-corrected chi connectivity index (χ1v) is 6.61. The predicted molar refractivity (Wildman–Crippen MR) is 77.6 cm³/mol. The van der Waals surface area contributed by atoms with Crippen LogP contribution in [0.5, 0.6) is 0 Å². The molecule has 6 nitrogen and oxygen atoms in total. The zero-order chi connectivity index (χ0) is 15.4. The predicted octanol–water partition coefficient (Wildman–Crippen LogP) is 1.69. The van der Waals surface area contributed by atoms with Crippen LogP contribution in [0, 0.1) is 13.8 Å². The van der Waals surface area contributed by atoms with Crippen LogP contribution in [0.1, 0.15) is 28.2 Å². The normalized spacial score (nSPS) is 10.4. The lowest BCUT2D eigenvalue weighted by atomic mass is 10.2. The fourth-order valence-corrected chi connectivity index (χ4v) is 2.03. The molecule has 0 saturated carbocycles. The van der Waals surface area contributed by atoms with Gasteiger partial charge >= 0.3 is 5.97 Å². The summed E-state index contributed by atoms with van der Waals surface area (Å²) in [7, 11) is 0. The van der Waals surface area contributed by atoms with E-state index in [1.54, 1.807) is 16.8 Å². The number of hydrogen-bond acceptors (Lipinski definition) is 3. The number of carboxylic acid groups (broad SMARTS) is 1. The molecule has 2 rings (SSSR count). The fraction of sp³-hybridized carbons (Fsp3) is 0.267. The molecule has 0 spiro atoms. The van der Waals surface area contributed by atoms with E-state index in [1.165, 1.54) is 0 Å². The van der Waals surface area contributed by atoms with Gasteiger partial charge in [-0.25, -0.2) is 4.68 Å². The molecule has 0 aliphatic heterocycles. The van der Waals surface area contributed by atoms with Crippen molar-refractivity contribution >= 4 is 11.9 Å². The zero-order valence-electron chi connectivity index (χ0n) is 12.0. The average Bonchev–Trinajstić information content (AvgIpc) is 2.77. The highest BCUT2D eigenvalue weighted by Gasteiger charge is 2.08. The molecule has 0 bridgehead atoms. The molecule has 2 aromatic rings. The van der Waals surface area contributed by atoms with E-state index < -0.39 is 5.97 Å². The Bertz CT molecular complexity index is 659. The minimum absolute atomic E-state index is 0.0877. The highest BCUT2D eigenvalue weighted by Crippen LogP contribution is 2.13. The van der Waals surface area contributed by atoms with Crippen LogP contribution in [-0.4, -0.2) is 33.3 Å². The summed E-state index contributed by atoms with van der Waals surface area (Å²) in [6.45, 7) is 4.01. The number of carbonyl (C=O) groups excluding carboxylic acids is 1. The molecular weight excluding hydrogens is 270 g/mol. The molecule has 6 heteroatoms. The lowest BCUT2D eigenvalue weighted by Gasteiger charge is -2.07. The van der Waals surface area contributed by atoms with Crippen LogP contribution >= 0.6 is 0 Å². The maximum Gasteiger partial charge on any atom is 0.305 e. The van der Waals surface area contributed by atoms with E-state index in [0.29, 0.717) is 5.56 Å². The lowest BCUT2D eigenvalue weighted by molar-refractivity contribution is -0.136. The van der Waals surface area contributed by atoms with Crippen LogP contribution in [0.3, 0.4) is 0 Å². The molecule has 0 aliphatic carbocycles. The molecule has 0 saturated heterocycles. The first kappa shape index (κ1) is 14.8. The first-order valence-electron chi connectivity index (χ1n) is 6.61. The number of aliphatic carboxylic acids is 1. The summed E-state index contributed by atoms with van der Waals surface area (Å²) >= 11 is 0. The summed E-state index contributed by atoms with van der Waals surface area (Å²) in [4.78, 5) is 22.2. The van der Waals surface area contributed by atoms with Crippen LogP contribution in [-0.2, 0) is 4.79 Å². The quantitative estimate of drug-likeness (QED) is 0.876. The van der Waals surface area contributed by atoms with E-state index in [4.69, 9.17) is 5.11 Å². The minimum atomic E-state index is -0.935. The highest BCUT2D eigenvalue weighted by molar-refractivity contribution is 5.94. The molecule has 0 atom stereocenters. The third-order valence-corrected chi connectivity index (χ3v) is 3.01. The summed E-state index contributed by atoms with van der Waals surface area (Å²) in [6, 6.07) is 8.99. The van der Waals surface area contributed by atoms with Crippen molar-refractivity contribution in [3.8, 4) is 5.69 Å². The Morgan fingerprint density at radius 2 is 1.90 bits per heavy atom. The van der Waals surface area contributed by atoms with Crippen molar-refractivity contribution in [3.63, 3.8) is 0 Å². The molecule has 0 radical (unpaired) electrons. The molecule has 1 heterocycles. The third-order valence-electron chi connectivity index (χ3n) is 3.01. The number of benzene rings is 1. The van der Waals surface area contributed by atoms with Gasteiger partial charge < -0.3 is 10.4 Å². The Labute approximate surface area is 122 Å². The second-order valence-electron chi connectivity index (χ2n) is 4.79. The van der Waals surface area contributed by atoms with E-state index >= 15 is 0 Å². The standard InChI is InChI=1S/C15H17N3O3/c1-10-9-11(2)18(17-10)13-5-3-12(4-6-13)15(21)16-8-7-14(19)20/h3-6,9H,7-8H2,1-2H3,(H,16,21)(H,19,20). The summed E-state index contributed by atoms with van der Waals surface area (Å²) in [5, 5.41) is 15.5. The smallest absolute Gasteiger partial charge is 0.305 e. The topological polar surface area (TPSA) is 84.2 Å². The maximum absolute atomic E-state index is 11.8. The number of nitrogens with zero attached hydrogens (tertiary/aromatic N) is 2. The van der Waals surface area contributed by atoms with E-state index in [0.717, 1.165) is 17.1 Å². The Hall–Kier alpha value is -2.63. The molecule has 0 unspecified atom stereocenters. The van der Waals surface area contributed by atoms with Gasteiger partial charge in [0, 0.05) is 17.8 Å². The van der Waals surface area contributed by atoms with Crippen LogP contribution in [0.2, 0.25) is 0 Å². The van der Waals surface area contributed by atoms with Crippen LogP contribution in [0.25, 0.3) is 5.69 Å². The largest absolute Gasteiger partial charge is 0.481 e. The second kappa shape index (κ2) is 6.21. The highest BCUT2D eigenvalue weighted by atomic mass is 16.4. The number of rotatable bonds is 5. The number of nitrogens with one attached hydrogen (secondary N) is 1. The van der Waals surface area contributed by atoms with Gasteiger partial charge in [-0.2, -0.15) is 5.10 Å². The number of aryl methyl sites for hydroxylation is 2.